The highest BCUT2D eigenvalue weighted by Gasteiger charge is 2.09. The van der Waals surface area contributed by atoms with Gasteiger partial charge in [-0.15, -0.1) is 0 Å². The first-order chi connectivity index (χ1) is 8.87. The first kappa shape index (κ1) is 15.9. The molecule has 110 valence electrons. The molecule has 19 heavy (non-hydrogen) atoms. The molecule has 1 aromatic heterocycles. The summed E-state index contributed by atoms with van der Waals surface area (Å²) < 4.78 is 27.3. The molecule has 0 radical (unpaired) electrons. The average Bonchev–Trinajstić information content (AvgIpc) is 2.66. The van der Waals surface area contributed by atoms with Gasteiger partial charge >= 0.3 is 0 Å². The van der Waals surface area contributed by atoms with Crippen LogP contribution < -0.4 is 14.9 Å². The maximum Gasteiger partial charge on any atom is 0.212 e. The highest BCUT2D eigenvalue weighted by atomic mass is 32.2. The van der Waals surface area contributed by atoms with Crippen molar-refractivity contribution >= 4 is 16.0 Å². The lowest BCUT2D eigenvalue weighted by molar-refractivity contribution is 0.577. The van der Waals surface area contributed by atoms with Crippen LogP contribution >= 0.6 is 0 Å². The van der Waals surface area contributed by atoms with Crippen molar-refractivity contribution in [1.82, 2.24) is 19.6 Å². The van der Waals surface area contributed by atoms with Crippen LogP contribution in [0.15, 0.2) is 6.20 Å². The minimum Gasteiger partial charge on any atom is -0.348 e. The van der Waals surface area contributed by atoms with Crippen molar-refractivity contribution in [2.24, 2.45) is 7.05 Å². The monoisotopic (exact) mass is 289 g/mol. The van der Waals surface area contributed by atoms with Crippen molar-refractivity contribution in [1.29, 1.82) is 0 Å². The molecule has 2 N–H and O–H groups in total. The van der Waals surface area contributed by atoms with Crippen LogP contribution in [-0.4, -0.2) is 50.9 Å². The minimum atomic E-state index is -3.15. The lowest BCUT2D eigenvalue weighted by atomic mass is 10.4. The Morgan fingerprint density at radius 2 is 2.11 bits per heavy atom. The highest BCUT2D eigenvalue weighted by molar-refractivity contribution is 7.89. The minimum absolute atomic E-state index is 0.0826. The summed E-state index contributed by atoms with van der Waals surface area (Å²) in [6.07, 6.45) is 1.79. The van der Waals surface area contributed by atoms with Gasteiger partial charge in [-0.3, -0.25) is 0 Å². The fraction of sp³-hybridized carbons (Fsp3) is 0.727. The van der Waals surface area contributed by atoms with E-state index in [4.69, 9.17) is 0 Å². The fourth-order valence-electron chi connectivity index (χ4n) is 1.73. The molecule has 0 spiro atoms. The Labute approximate surface area is 115 Å². The van der Waals surface area contributed by atoms with E-state index in [9.17, 15) is 8.42 Å². The van der Waals surface area contributed by atoms with Crippen molar-refractivity contribution < 1.29 is 8.42 Å². The zero-order valence-electron chi connectivity index (χ0n) is 12.0. The average molecular weight is 289 g/mol. The van der Waals surface area contributed by atoms with E-state index in [2.05, 4.69) is 15.0 Å². The van der Waals surface area contributed by atoms with E-state index in [1.807, 2.05) is 30.6 Å². The van der Waals surface area contributed by atoms with Gasteiger partial charge in [-0.2, -0.15) is 0 Å². The molecule has 0 aliphatic heterocycles. The Morgan fingerprint density at radius 1 is 1.42 bits per heavy atom. The standard InChI is InChI=1S/C11H23N5O2S/c1-5-14-19(17,18)7-6-12-8-10-9-13-11(15(2)3)16(10)4/h9,12,14H,5-8H2,1-4H3. The second-order valence-corrected chi connectivity index (χ2v) is 6.42. The van der Waals surface area contributed by atoms with E-state index in [0.29, 0.717) is 19.6 Å². The number of anilines is 1. The topological polar surface area (TPSA) is 79.3 Å². The molecule has 0 fully saturated rings. The second kappa shape index (κ2) is 6.88. The van der Waals surface area contributed by atoms with E-state index < -0.39 is 10.0 Å². The number of rotatable bonds is 8. The summed E-state index contributed by atoms with van der Waals surface area (Å²) in [5, 5.41) is 3.11. The summed E-state index contributed by atoms with van der Waals surface area (Å²) in [5.41, 5.74) is 1.02. The van der Waals surface area contributed by atoms with E-state index in [0.717, 1.165) is 11.6 Å². The fourth-order valence-corrected chi connectivity index (χ4v) is 2.73. The molecule has 0 unspecified atom stereocenters. The molecule has 0 atom stereocenters. The van der Waals surface area contributed by atoms with Gasteiger partial charge in [0, 0.05) is 40.8 Å². The van der Waals surface area contributed by atoms with E-state index in [-0.39, 0.29) is 5.75 Å². The van der Waals surface area contributed by atoms with Gasteiger partial charge in [0.05, 0.1) is 17.6 Å². The normalized spacial score (nSPS) is 11.8. The lowest BCUT2D eigenvalue weighted by Crippen LogP contribution is -2.31. The van der Waals surface area contributed by atoms with Crippen molar-refractivity contribution in [2.75, 3.05) is 37.8 Å². The number of aromatic nitrogens is 2. The van der Waals surface area contributed by atoms with Crippen LogP contribution in [0.25, 0.3) is 0 Å². The molecule has 0 amide bonds. The van der Waals surface area contributed by atoms with Crippen LogP contribution in [0.3, 0.4) is 0 Å². The van der Waals surface area contributed by atoms with Crippen LogP contribution in [-0.2, 0) is 23.6 Å². The summed E-state index contributed by atoms with van der Waals surface area (Å²) in [7, 11) is 2.66. The van der Waals surface area contributed by atoms with Crippen molar-refractivity contribution in [3.8, 4) is 0 Å². The summed E-state index contributed by atoms with van der Waals surface area (Å²) in [6, 6.07) is 0. The number of hydrogen-bond acceptors (Lipinski definition) is 5. The third-order valence-electron chi connectivity index (χ3n) is 2.68. The molecule has 0 aliphatic rings. The molecule has 7 nitrogen and oxygen atoms in total. The van der Waals surface area contributed by atoms with E-state index in [1.165, 1.54) is 0 Å². The predicted molar refractivity (Wildman–Crippen MR) is 76.7 cm³/mol. The van der Waals surface area contributed by atoms with Crippen LogP contribution in [0.2, 0.25) is 0 Å². The quantitative estimate of drug-likeness (QED) is 0.632. The third kappa shape index (κ3) is 4.81. The molecule has 0 aromatic carbocycles. The SMILES string of the molecule is CCNS(=O)(=O)CCNCc1cnc(N(C)C)n1C. The summed E-state index contributed by atoms with van der Waals surface area (Å²) in [4.78, 5) is 6.22. The van der Waals surface area contributed by atoms with Crippen molar-refractivity contribution in [2.45, 2.75) is 13.5 Å². The van der Waals surface area contributed by atoms with Gasteiger partial charge in [0.1, 0.15) is 0 Å². The van der Waals surface area contributed by atoms with Crippen LogP contribution in [0.5, 0.6) is 0 Å². The van der Waals surface area contributed by atoms with Crippen LogP contribution in [0.1, 0.15) is 12.6 Å². The Kier molecular flexibility index (Phi) is 5.77. The Morgan fingerprint density at radius 3 is 2.63 bits per heavy atom. The van der Waals surface area contributed by atoms with Gasteiger partial charge in [0.2, 0.25) is 16.0 Å². The van der Waals surface area contributed by atoms with Gasteiger partial charge in [-0.1, -0.05) is 6.92 Å². The molecule has 1 aromatic rings. The first-order valence-electron chi connectivity index (χ1n) is 6.23. The predicted octanol–water partition coefficient (Wildman–Crippen LogP) is -0.485. The molecule has 0 saturated heterocycles. The molecule has 0 bridgehead atoms. The highest BCUT2D eigenvalue weighted by Crippen LogP contribution is 2.10. The van der Waals surface area contributed by atoms with E-state index >= 15 is 0 Å². The van der Waals surface area contributed by atoms with Gasteiger partial charge in [0.25, 0.3) is 0 Å². The van der Waals surface area contributed by atoms with Crippen LogP contribution in [0.4, 0.5) is 5.95 Å². The summed E-state index contributed by atoms with van der Waals surface area (Å²) >= 11 is 0. The lowest BCUT2D eigenvalue weighted by Gasteiger charge is -2.13. The zero-order chi connectivity index (χ0) is 14.5. The third-order valence-corrected chi connectivity index (χ3v) is 4.15. The maximum absolute atomic E-state index is 11.4. The number of hydrogen-bond donors (Lipinski definition) is 2. The molecular weight excluding hydrogens is 266 g/mol. The van der Waals surface area contributed by atoms with Crippen LogP contribution in [0, 0.1) is 0 Å². The Balaban J connectivity index is 2.42. The van der Waals surface area contributed by atoms with Gasteiger partial charge in [0.15, 0.2) is 0 Å². The Hall–Kier alpha value is -1.12. The molecule has 0 saturated carbocycles. The molecular formula is C11H23N5O2S. The number of imidazole rings is 1. The smallest absolute Gasteiger partial charge is 0.212 e. The molecule has 0 aliphatic carbocycles. The number of sulfonamides is 1. The molecule has 8 heteroatoms. The van der Waals surface area contributed by atoms with Crippen molar-refractivity contribution in [3.05, 3.63) is 11.9 Å². The summed E-state index contributed by atoms with van der Waals surface area (Å²) in [5.74, 6) is 0.955. The van der Waals surface area contributed by atoms with Gasteiger partial charge < -0.3 is 14.8 Å². The van der Waals surface area contributed by atoms with Gasteiger partial charge in [-0.25, -0.2) is 18.1 Å². The summed E-state index contributed by atoms with van der Waals surface area (Å²) in [6.45, 7) is 3.20. The van der Waals surface area contributed by atoms with E-state index in [1.54, 1.807) is 13.1 Å². The number of nitrogens with zero attached hydrogens (tertiary/aromatic N) is 3. The molecule has 1 heterocycles. The molecule has 1 rings (SSSR count). The Bertz CT molecular complexity index is 495. The second-order valence-electron chi connectivity index (χ2n) is 4.50. The largest absolute Gasteiger partial charge is 0.348 e. The first-order valence-corrected chi connectivity index (χ1v) is 7.88. The zero-order valence-corrected chi connectivity index (χ0v) is 12.8. The number of nitrogens with one attached hydrogen (secondary N) is 2. The van der Waals surface area contributed by atoms with Gasteiger partial charge in [-0.05, 0) is 0 Å². The maximum atomic E-state index is 11.4. The van der Waals surface area contributed by atoms with Crippen molar-refractivity contribution in [3.63, 3.8) is 0 Å².